The molecule has 7 heterocycles. The van der Waals surface area contributed by atoms with E-state index < -0.39 is 0 Å². The van der Waals surface area contributed by atoms with Crippen LogP contribution in [0.5, 0.6) is 0 Å². The van der Waals surface area contributed by atoms with Gasteiger partial charge in [0, 0.05) is 24.7 Å². The molecule has 0 spiro atoms. The van der Waals surface area contributed by atoms with Crippen molar-refractivity contribution in [3.05, 3.63) is 101 Å². The molecular formula is C32H26N20. The molecule has 7 aromatic rings. The van der Waals surface area contributed by atoms with Gasteiger partial charge in [-0.25, -0.2) is 24.5 Å². The van der Waals surface area contributed by atoms with Gasteiger partial charge < -0.3 is 11.5 Å². The molecule has 7 rings (SSSR count). The van der Waals surface area contributed by atoms with Crippen molar-refractivity contribution >= 4 is 40.3 Å². The van der Waals surface area contributed by atoms with Crippen LogP contribution in [-0.4, -0.2) is 59.1 Å². The number of aromatic nitrogens is 12. The van der Waals surface area contributed by atoms with Gasteiger partial charge in [-0.05, 0) is 52.0 Å². The highest BCUT2D eigenvalue weighted by Gasteiger charge is 2.22. The van der Waals surface area contributed by atoms with Crippen LogP contribution in [0.25, 0.3) is 28.2 Å². The average Bonchev–Trinajstić information content (AvgIpc) is 3.85. The maximum atomic E-state index is 9.81. The molecular weight excluding hydrogens is 664 g/mol. The van der Waals surface area contributed by atoms with Crippen LogP contribution < -0.4 is 11.5 Å². The standard InChI is InChI=1S/C32H26N20/c1-17-21(16-33)30(50(45-17)22-10-6-8-13-37-22)43-41-26-19(3)48-52(29(26)35)32-39-15-12-24(40-32)49-28(34)25(18(2)46-49)42-44-31-27(36-5)20(4)47-51(31)23-11-7-9-14-38-23/h6-15H,34-35H2,1-4H3. The molecule has 52 heavy (non-hydrogen) atoms. The van der Waals surface area contributed by atoms with Crippen molar-refractivity contribution in [2.75, 3.05) is 11.5 Å². The summed E-state index contributed by atoms with van der Waals surface area (Å²) in [5.41, 5.74) is 15.8. The fourth-order valence-corrected chi connectivity index (χ4v) is 5.15. The number of nitrogen functional groups attached to an aromatic ring is 2. The first-order valence-electron chi connectivity index (χ1n) is 15.4. The lowest BCUT2D eigenvalue weighted by Gasteiger charge is -2.06. The lowest BCUT2D eigenvalue weighted by Crippen LogP contribution is -2.10. The van der Waals surface area contributed by atoms with E-state index in [2.05, 4.69) is 71.7 Å². The molecule has 0 fully saturated rings. The van der Waals surface area contributed by atoms with Gasteiger partial charge in [0.05, 0.1) is 29.3 Å². The lowest BCUT2D eigenvalue weighted by atomic mass is 10.3. The minimum atomic E-state index is 0.0899. The Morgan fingerprint density at radius 2 is 1.19 bits per heavy atom. The minimum Gasteiger partial charge on any atom is -0.382 e. The molecule has 4 N–H and O–H groups in total. The van der Waals surface area contributed by atoms with E-state index in [9.17, 15) is 5.26 Å². The number of nitriles is 1. The Hall–Kier alpha value is -8.00. The summed E-state index contributed by atoms with van der Waals surface area (Å²) < 4.78 is 5.56. The Morgan fingerprint density at radius 3 is 1.79 bits per heavy atom. The van der Waals surface area contributed by atoms with Gasteiger partial charge in [0.2, 0.25) is 0 Å². The number of azo groups is 2. The fourth-order valence-electron chi connectivity index (χ4n) is 5.15. The molecule has 0 aliphatic rings. The zero-order valence-corrected chi connectivity index (χ0v) is 28.0. The van der Waals surface area contributed by atoms with Gasteiger partial charge in [-0.1, -0.05) is 12.1 Å². The Bertz CT molecular complexity index is 2430. The van der Waals surface area contributed by atoms with E-state index in [-0.39, 0.29) is 57.7 Å². The zero-order chi connectivity index (χ0) is 36.5. The largest absolute Gasteiger partial charge is 0.382 e. The second kappa shape index (κ2) is 13.1. The van der Waals surface area contributed by atoms with Crippen molar-refractivity contribution in [2.45, 2.75) is 27.7 Å². The molecule has 0 aliphatic heterocycles. The Kier molecular flexibility index (Phi) is 8.22. The summed E-state index contributed by atoms with van der Waals surface area (Å²) in [6.07, 6.45) is 4.72. The lowest BCUT2D eigenvalue weighted by molar-refractivity contribution is 0.773. The molecule has 0 unspecified atom stereocenters. The zero-order valence-electron chi connectivity index (χ0n) is 28.0. The summed E-state index contributed by atoms with van der Waals surface area (Å²) in [5.74, 6) is 1.91. The first-order chi connectivity index (χ1) is 25.2. The number of pyridine rings is 2. The normalized spacial score (nSPS) is 11.4. The summed E-state index contributed by atoms with van der Waals surface area (Å²) in [4.78, 5) is 21.2. The SMILES string of the molecule is [C-]#[N+]c1c(C)nn(-c2ccccn2)c1N=Nc1c(C)nn(-c2ccnc(-n3nc(C)c(N=Nc4c(C#N)c(C)nn4-c4ccccn4)c3N)n2)c1N. The van der Waals surface area contributed by atoms with Crippen molar-refractivity contribution in [3.63, 3.8) is 0 Å². The molecule has 20 nitrogen and oxygen atoms in total. The molecule has 0 aromatic carbocycles. The van der Waals surface area contributed by atoms with Crippen molar-refractivity contribution in [1.29, 1.82) is 5.26 Å². The molecule has 0 saturated heterocycles. The van der Waals surface area contributed by atoms with Crippen molar-refractivity contribution in [1.82, 2.24) is 59.1 Å². The van der Waals surface area contributed by atoms with Crippen molar-refractivity contribution in [3.8, 4) is 29.5 Å². The molecule has 0 atom stereocenters. The van der Waals surface area contributed by atoms with E-state index >= 15 is 0 Å². The highest BCUT2D eigenvalue weighted by molar-refractivity contribution is 5.69. The molecule has 0 saturated carbocycles. The maximum absolute atomic E-state index is 9.81. The van der Waals surface area contributed by atoms with Crippen LogP contribution in [-0.2, 0) is 0 Å². The summed E-state index contributed by atoms with van der Waals surface area (Å²) >= 11 is 0. The first-order valence-corrected chi connectivity index (χ1v) is 15.4. The summed E-state index contributed by atoms with van der Waals surface area (Å²) in [5, 5.41) is 45.1. The van der Waals surface area contributed by atoms with Gasteiger partial charge in [0.1, 0.15) is 11.6 Å². The maximum Gasteiger partial charge on any atom is 0.255 e. The fraction of sp³-hybridized carbons (Fsp3) is 0.125. The summed E-state index contributed by atoms with van der Waals surface area (Å²) in [7, 11) is 0. The summed E-state index contributed by atoms with van der Waals surface area (Å²) in [6.45, 7) is 14.5. The number of nitrogens with zero attached hydrogens (tertiary/aromatic N) is 18. The van der Waals surface area contributed by atoms with Crippen LogP contribution in [0, 0.1) is 45.6 Å². The Labute approximate surface area is 294 Å². The Balaban J connectivity index is 1.21. The van der Waals surface area contributed by atoms with E-state index in [1.807, 2.05) is 0 Å². The van der Waals surface area contributed by atoms with Crippen molar-refractivity contribution < 1.29 is 0 Å². The molecule has 0 radical (unpaired) electrons. The molecule has 0 aliphatic carbocycles. The van der Waals surface area contributed by atoms with E-state index in [0.29, 0.717) is 34.4 Å². The molecule has 254 valence electrons. The quantitative estimate of drug-likeness (QED) is 0.145. The number of anilines is 2. The number of nitrogens with two attached hydrogens (primary N) is 2. The predicted octanol–water partition coefficient (Wildman–Crippen LogP) is 5.66. The number of aryl methyl sites for hydroxylation is 4. The van der Waals surface area contributed by atoms with Crippen LogP contribution in [0.15, 0.2) is 81.5 Å². The Morgan fingerprint density at radius 1 is 0.635 bits per heavy atom. The first kappa shape index (κ1) is 32.5. The highest BCUT2D eigenvalue weighted by atomic mass is 15.4. The number of hydrogen-bond donors (Lipinski definition) is 2. The van der Waals surface area contributed by atoms with E-state index in [0.717, 1.165) is 0 Å². The van der Waals surface area contributed by atoms with Crippen LogP contribution in [0.1, 0.15) is 28.3 Å². The molecule has 0 bridgehead atoms. The van der Waals surface area contributed by atoms with Gasteiger partial charge >= 0.3 is 0 Å². The monoisotopic (exact) mass is 690 g/mol. The van der Waals surface area contributed by atoms with Crippen LogP contribution in [0.2, 0.25) is 0 Å². The van der Waals surface area contributed by atoms with E-state index in [1.54, 1.807) is 82.6 Å². The topological polar surface area (TPSA) is 252 Å². The van der Waals surface area contributed by atoms with E-state index in [4.69, 9.17) is 18.0 Å². The smallest absolute Gasteiger partial charge is 0.255 e. The van der Waals surface area contributed by atoms with Crippen LogP contribution in [0.4, 0.5) is 40.3 Å². The summed E-state index contributed by atoms with van der Waals surface area (Å²) in [6, 6.07) is 14.3. The molecule has 7 aromatic heterocycles. The minimum absolute atomic E-state index is 0.0899. The van der Waals surface area contributed by atoms with Crippen molar-refractivity contribution in [2.24, 2.45) is 20.5 Å². The predicted molar refractivity (Wildman–Crippen MR) is 186 cm³/mol. The molecule has 20 heteroatoms. The van der Waals surface area contributed by atoms with Crippen LogP contribution in [0.3, 0.4) is 0 Å². The van der Waals surface area contributed by atoms with Gasteiger partial charge in [0.15, 0.2) is 52.1 Å². The second-order valence-electron chi connectivity index (χ2n) is 11.0. The van der Waals surface area contributed by atoms with Gasteiger partial charge in [-0.2, -0.15) is 44.7 Å². The van der Waals surface area contributed by atoms with Gasteiger partial charge in [-0.3, -0.25) is 0 Å². The third-order valence-corrected chi connectivity index (χ3v) is 7.65. The number of rotatable bonds is 8. The average molecular weight is 691 g/mol. The number of hydrogen-bond acceptors (Lipinski definition) is 15. The third kappa shape index (κ3) is 5.63. The molecule has 0 amide bonds. The van der Waals surface area contributed by atoms with Gasteiger partial charge in [0.25, 0.3) is 11.6 Å². The van der Waals surface area contributed by atoms with E-state index in [1.165, 1.54) is 24.9 Å². The third-order valence-electron chi connectivity index (χ3n) is 7.65. The van der Waals surface area contributed by atoms with Gasteiger partial charge in [-0.15, -0.1) is 20.5 Å². The highest BCUT2D eigenvalue weighted by Crippen LogP contribution is 2.37. The second-order valence-corrected chi connectivity index (χ2v) is 11.0. The van der Waals surface area contributed by atoms with Crippen LogP contribution >= 0.6 is 0 Å².